The monoisotopic (exact) mass is 362 g/mol. The lowest BCUT2D eigenvalue weighted by Gasteiger charge is -2.28. The molecule has 3 heterocycles. The van der Waals surface area contributed by atoms with Crippen molar-refractivity contribution < 1.29 is 19.4 Å². The van der Waals surface area contributed by atoms with E-state index in [1.807, 2.05) is 19.1 Å². The zero-order valence-electron chi connectivity index (χ0n) is 14.9. The normalized spacial score (nSPS) is 18.1. The Hall–Kier alpha value is -3.41. The van der Waals surface area contributed by atoms with Crippen LogP contribution in [0.2, 0.25) is 0 Å². The molecule has 0 saturated heterocycles. The number of rotatable bonds is 2. The molecule has 5 rings (SSSR count). The van der Waals surface area contributed by atoms with Crippen LogP contribution in [0.15, 0.2) is 47.7 Å². The van der Waals surface area contributed by atoms with Crippen molar-refractivity contribution in [3.05, 3.63) is 64.5 Å². The highest BCUT2D eigenvalue weighted by Crippen LogP contribution is 2.48. The number of carbonyl (C=O) groups is 1. The van der Waals surface area contributed by atoms with Crippen LogP contribution in [0, 0.1) is 6.92 Å². The molecule has 3 N–H and O–H groups in total. The van der Waals surface area contributed by atoms with E-state index in [2.05, 4.69) is 22.4 Å². The summed E-state index contributed by atoms with van der Waals surface area (Å²) in [6.45, 7) is 2.24. The maximum Gasteiger partial charge on any atom is 0.337 e. The molecular formula is C21H18N2O4. The fourth-order valence-corrected chi connectivity index (χ4v) is 4.11. The van der Waals surface area contributed by atoms with Gasteiger partial charge < -0.3 is 24.9 Å². The quantitative estimate of drug-likeness (QED) is 0.607. The van der Waals surface area contributed by atoms with Gasteiger partial charge in [-0.05, 0) is 36.8 Å². The number of aromatic nitrogens is 1. The van der Waals surface area contributed by atoms with Gasteiger partial charge in [0.1, 0.15) is 6.61 Å². The van der Waals surface area contributed by atoms with E-state index in [1.54, 1.807) is 12.1 Å². The molecule has 2 aliphatic heterocycles. The summed E-state index contributed by atoms with van der Waals surface area (Å²) in [7, 11) is 1.51. The summed E-state index contributed by atoms with van der Waals surface area (Å²) in [5.41, 5.74) is 6.10. The van der Waals surface area contributed by atoms with E-state index in [1.165, 1.54) is 7.11 Å². The van der Waals surface area contributed by atoms with Crippen LogP contribution >= 0.6 is 0 Å². The second kappa shape index (κ2) is 5.54. The Bertz CT molecular complexity index is 1140. The van der Waals surface area contributed by atoms with Crippen molar-refractivity contribution in [2.24, 2.45) is 0 Å². The van der Waals surface area contributed by atoms with Gasteiger partial charge in [-0.15, -0.1) is 0 Å². The third-order valence-corrected chi connectivity index (χ3v) is 5.26. The van der Waals surface area contributed by atoms with E-state index in [9.17, 15) is 9.90 Å². The first-order valence-electron chi connectivity index (χ1n) is 8.73. The van der Waals surface area contributed by atoms with Crippen molar-refractivity contribution in [3.8, 4) is 11.5 Å². The van der Waals surface area contributed by atoms with Crippen molar-refractivity contribution in [1.82, 2.24) is 4.98 Å². The number of ether oxygens (including phenoxy) is 2. The lowest BCUT2D eigenvalue weighted by Crippen LogP contribution is -2.20. The Kier molecular flexibility index (Phi) is 3.25. The van der Waals surface area contributed by atoms with Crippen LogP contribution < -0.4 is 10.1 Å². The van der Waals surface area contributed by atoms with E-state index in [4.69, 9.17) is 9.47 Å². The van der Waals surface area contributed by atoms with Gasteiger partial charge in [0, 0.05) is 28.2 Å². The number of hydrogen-bond donors (Lipinski definition) is 3. The molecule has 3 aromatic rings. The number of aromatic amines is 1. The van der Waals surface area contributed by atoms with Crippen LogP contribution in [-0.2, 0) is 9.53 Å². The van der Waals surface area contributed by atoms with Crippen LogP contribution in [0.1, 0.15) is 22.7 Å². The van der Waals surface area contributed by atoms with Gasteiger partial charge >= 0.3 is 5.97 Å². The first-order valence-corrected chi connectivity index (χ1v) is 8.73. The fraction of sp³-hybridized carbons (Fsp3) is 0.190. The minimum atomic E-state index is -0.343. The third kappa shape index (κ3) is 2.23. The van der Waals surface area contributed by atoms with Crippen LogP contribution in [0.5, 0.6) is 11.5 Å². The number of cyclic esters (lactones) is 1. The molecule has 27 heavy (non-hydrogen) atoms. The van der Waals surface area contributed by atoms with Gasteiger partial charge in [0.15, 0.2) is 11.5 Å². The van der Waals surface area contributed by atoms with Crippen molar-refractivity contribution in [1.29, 1.82) is 0 Å². The third-order valence-electron chi connectivity index (χ3n) is 5.26. The van der Waals surface area contributed by atoms with E-state index < -0.39 is 0 Å². The smallest absolute Gasteiger partial charge is 0.337 e. The molecule has 0 aliphatic carbocycles. The number of nitrogens with one attached hydrogen (secondary N) is 2. The van der Waals surface area contributed by atoms with Crippen LogP contribution in [-0.4, -0.2) is 29.8 Å². The molecule has 0 saturated carbocycles. The number of H-pyrrole nitrogens is 1. The van der Waals surface area contributed by atoms with Crippen LogP contribution in [0.4, 0.5) is 5.69 Å². The number of aromatic hydroxyl groups is 1. The average Bonchev–Trinajstić information content (AvgIpc) is 3.22. The van der Waals surface area contributed by atoms with E-state index >= 15 is 0 Å². The number of fused-ring (bicyclic) bond motifs is 3. The summed E-state index contributed by atoms with van der Waals surface area (Å²) >= 11 is 0. The number of aryl methyl sites for hydroxylation is 1. The van der Waals surface area contributed by atoms with Gasteiger partial charge in [-0.1, -0.05) is 12.1 Å². The minimum Gasteiger partial charge on any atom is -0.504 e. The summed E-state index contributed by atoms with van der Waals surface area (Å²) in [5.74, 6) is -0.239. The predicted molar refractivity (Wildman–Crippen MR) is 101 cm³/mol. The van der Waals surface area contributed by atoms with Crippen molar-refractivity contribution >= 4 is 22.6 Å². The van der Waals surface area contributed by atoms with Crippen molar-refractivity contribution in [3.63, 3.8) is 0 Å². The number of phenolic OH excluding ortho intramolecular Hbond substituents is 1. The molecule has 0 amide bonds. The lowest BCUT2D eigenvalue weighted by atomic mass is 9.80. The second-order valence-corrected chi connectivity index (χ2v) is 6.90. The van der Waals surface area contributed by atoms with Gasteiger partial charge in [-0.25, -0.2) is 4.79 Å². The zero-order valence-corrected chi connectivity index (χ0v) is 14.9. The molecule has 6 nitrogen and oxygen atoms in total. The maximum absolute atomic E-state index is 12.5. The molecule has 0 spiro atoms. The molecule has 2 aromatic carbocycles. The largest absolute Gasteiger partial charge is 0.504 e. The second-order valence-electron chi connectivity index (χ2n) is 6.90. The summed E-state index contributed by atoms with van der Waals surface area (Å²) in [6.07, 6.45) is 0. The summed E-state index contributed by atoms with van der Waals surface area (Å²) in [4.78, 5) is 16.0. The van der Waals surface area contributed by atoms with Gasteiger partial charge in [0.25, 0.3) is 0 Å². The van der Waals surface area contributed by atoms with Crippen LogP contribution in [0.25, 0.3) is 10.9 Å². The zero-order chi connectivity index (χ0) is 18.7. The maximum atomic E-state index is 12.5. The molecule has 0 fully saturated rings. The molecule has 2 aliphatic rings. The highest BCUT2D eigenvalue weighted by Gasteiger charge is 2.39. The van der Waals surface area contributed by atoms with E-state index in [0.29, 0.717) is 11.3 Å². The number of phenols is 1. The van der Waals surface area contributed by atoms with Crippen molar-refractivity contribution in [2.75, 3.05) is 19.0 Å². The Morgan fingerprint density at radius 1 is 1.22 bits per heavy atom. The topological polar surface area (TPSA) is 83.6 Å². The molecule has 6 heteroatoms. The highest BCUT2D eigenvalue weighted by atomic mass is 16.5. The number of anilines is 1. The summed E-state index contributed by atoms with van der Waals surface area (Å²) in [6, 6.07) is 11.4. The van der Waals surface area contributed by atoms with E-state index in [0.717, 1.165) is 39.1 Å². The fourth-order valence-electron chi connectivity index (χ4n) is 4.11. The average molecular weight is 362 g/mol. The molecule has 0 bridgehead atoms. The SMILES string of the molecule is COc1ccc(C2C3=C(COC3=O)Nc3ccc4cc(C)[nH]c4c32)cc1O. The number of carbonyl (C=O) groups excluding carboxylic acids is 1. The molecule has 0 radical (unpaired) electrons. The standard InChI is InChI=1S/C21H18N2O4/c1-10-7-12-3-5-13-18(20(12)22-10)17(19-14(23-13)9-27-21(19)25)11-4-6-16(26-2)15(24)8-11/h3-8,17,22-24H,9H2,1-2H3. The summed E-state index contributed by atoms with van der Waals surface area (Å²) < 4.78 is 10.5. The Balaban J connectivity index is 1.80. The Morgan fingerprint density at radius 2 is 2.07 bits per heavy atom. The number of esters is 1. The highest BCUT2D eigenvalue weighted by molar-refractivity contribution is 6.01. The van der Waals surface area contributed by atoms with Crippen LogP contribution in [0.3, 0.4) is 0 Å². The Labute approximate surface area is 155 Å². The molecular weight excluding hydrogens is 344 g/mol. The molecule has 1 atom stereocenters. The predicted octanol–water partition coefficient (Wildman–Crippen LogP) is 3.56. The van der Waals surface area contributed by atoms with E-state index in [-0.39, 0.29) is 24.2 Å². The van der Waals surface area contributed by atoms with Crippen molar-refractivity contribution in [2.45, 2.75) is 12.8 Å². The minimum absolute atomic E-state index is 0.0402. The number of benzene rings is 2. The van der Waals surface area contributed by atoms with Gasteiger partial charge in [-0.2, -0.15) is 0 Å². The van der Waals surface area contributed by atoms with Gasteiger partial charge in [0.2, 0.25) is 0 Å². The Morgan fingerprint density at radius 3 is 2.85 bits per heavy atom. The number of hydrogen-bond acceptors (Lipinski definition) is 5. The molecule has 1 unspecified atom stereocenters. The van der Waals surface area contributed by atoms with Gasteiger partial charge in [-0.3, -0.25) is 0 Å². The first-order chi connectivity index (χ1) is 13.1. The lowest BCUT2D eigenvalue weighted by molar-refractivity contribution is -0.136. The number of methoxy groups -OCH3 is 1. The molecule has 1 aromatic heterocycles. The summed E-state index contributed by atoms with van der Waals surface area (Å²) in [5, 5.41) is 14.7. The molecule has 136 valence electrons. The first kappa shape index (κ1) is 15.8. The van der Waals surface area contributed by atoms with Gasteiger partial charge in [0.05, 0.1) is 23.9 Å².